The highest BCUT2D eigenvalue weighted by molar-refractivity contribution is 5.79. The van der Waals surface area contributed by atoms with E-state index in [-0.39, 0.29) is 158 Å². The topological polar surface area (TPSA) is 908 Å². The fraction of sp³-hybridized carbons (Fsp3) is 0.649. The van der Waals surface area contributed by atoms with Crippen LogP contribution < -0.4 is 34.4 Å². The summed E-state index contributed by atoms with van der Waals surface area (Å²) in [6.07, 6.45) is 1.68. The third kappa shape index (κ3) is 102. The zero-order chi connectivity index (χ0) is 107. The van der Waals surface area contributed by atoms with Gasteiger partial charge in [0.15, 0.2) is 105 Å². The predicted octanol–water partition coefficient (Wildman–Crippen LogP) is -9.96. The second-order valence-electron chi connectivity index (χ2n) is 35.0. The number of rotatable bonds is 59. The number of nitrogens with two attached hydrogens (primary N) is 6. The molecule has 0 radical (unpaired) electrons. The standard InChI is InChI=1S/C12H15NO4.C10H20N4O3.C8H17N3O2.C8H15NO6.C7H12N2O5.C7H11NO6.C7H13NO5.C7H15NO4.C6H11NO4.C5H11NO2/c1-13(8-11(14)15,9-12(16)17)7-10-5-3-2-4-6-10;1-14(5-2-8(11)15,6-3-9(12)16)7-4-10(13)17;1-11(2,5-3-7(9)12)6-4-8(10)13;1-9(5-7(10)11,6-8(12)13)3-2-4-15-14;1-9(2-5(8)10,3-6(11)12)4-7(13)14;1-8(2-5(9)10,3-6(11)12)4-7(13)14;1-8(2-3-9,4-6(10)11)5-7(12)13;1-8(2-4-9,3-5-10)6-7(11)12;1-7(2,3-5(8)9)4-6(10)11;1-6(2,3)4-5(7)8/h2-6H,7-9H2,1H3,(H-,14,15,16,17);2-7H2,1H3,(H5-,11,12,13,15,16,17);3-6H2,1-2H3,(H3-,9,10,12,13);2-6H2,1H3,(H2-,10,11,12,13,14);2-4H2,1H3,(H3-,8,10,11,12,13,14);2-4H2,1H3,(H2-,9,10,11,12,13,14);9H,2-5H2,1H3,(H-,10,11,12,13);9-10H,2-6H2,1H3;3-4H2,1-2H3,(H-,8,9,10,11);4H2,1-3H3/p+10. The lowest BCUT2D eigenvalue weighted by Gasteiger charge is -2.33. The predicted molar refractivity (Wildman–Crippen MR) is 465 cm³/mol. The van der Waals surface area contributed by atoms with Gasteiger partial charge in [0, 0.05) is 12.0 Å². The molecule has 0 saturated carbocycles. The second kappa shape index (κ2) is 71.2. The average Bonchev–Trinajstić information content (AvgIpc) is 0.747. The Hall–Kier alpha value is -12.5. The van der Waals surface area contributed by atoms with E-state index in [1.165, 1.54) is 21.1 Å². The van der Waals surface area contributed by atoms with Gasteiger partial charge in [0.1, 0.15) is 26.2 Å². The number of carboxylic acids is 15. The minimum absolute atomic E-state index is 0.0370. The van der Waals surface area contributed by atoms with E-state index >= 15 is 0 Å². The smallest absolute Gasteiger partial charge is 0.359 e. The number of primary amides is 6. The van der Waals surface area contributed by atoms with Crippen LogP contribution in [0.5, 0.6) is 0 Å². The number of carbonyl (C=O) groups excluding carboxylic acids is 6. The molecule has 1 rings (SSSR count). The maximum absolute atomic E-state index is 10.8. The van der Waals surface area contributed by atoms with Gasteiger partial charge < -0.3 is 162 Å². The first-order chi connectivity index (χ1) is 60.6. The van der Waals surface area contributed by atoms with Crippen LogP contribution in [0.1, 0.15) is 44.1 Å². The first-order valence-electron chi connectivity index (χ1n) is 40.0. The molecule has 57 nitrogen and oxygen atoms in total. The average molecular weight is 1960 g/mol. The van der Waals surface area contributed by atoms with Crippen molar-refractivity contribution < 1.29 is 248 Å². The number of hydrogen-bond acceptors (Lipinski definition) is 26. The summed E-state index contributed by atoms with van der Waals surface area (Å²) < 4.78 is 0.243. The third-order valence-corrected chi connectivity index (χ3v) is 17.4. The fourth-order valence-corrected chi connectivity index (χ4v) is 11.4. The Morgan fingerprint density at radius 3 is 0.672 bits per heavy atom. The van der Waals surface area contributed by atoms with Crippen LogP contribution in [0.2, 0.25) is 0 Å². The number of hydrogen-bond donors (Lipinski definition) is 25. The van der Waals surface area contributed by atoms with Crippen molar-refractivity contribution in [3.63, 3.8) is 0 Å². The summed E-state index contributed by atoms with van der Waals surface area (Å²) in [6.45, 7) is -0.641. The Kier molecular flexibility index (Phi) is 74.0. The molecule has 0 heterocycles. The van der Waals surface area contributed by atoms with Crippen molar-refractivity contribution in [2.45, 2.75) is 45.1 Å². The van der Waals surface area contributed by atoms with Gasteiger partial charge in [-0.3, -0.25) is 43.0 Å². The van der Waals surface area contributed by atoms with Crippen molar-refractivity contribution in [1.82, 2.24) is 0 Å². The highest BCUT2D eigenvalue weighted by atomic mass is 17.1. The summed E-state index contributed by atoms with van der Waals surface area (Å²) >= 11 is 0. The van der Waals surface area contributed by atoms with E-state index in [0.717, 1.165) is 5.56 Å². The number of carboxylic acid groups (broad SMARTS) is 15. The van der Waals surface area contributed by atoms with Gasteiger partial charge in [-0.2, -0.15) is 0 Å². The number of carbonyl (C=O) groups is 21. The highest BCUT2D eigenvalue weighted by Crippen LogP contribution is 2.14. The molecule has 0 aliphatic heterocycles. The normalized spacial score (nSPS) is 11.2. The number of nitrogens with zero attached hydrogens (tertiary/aromatic N) is 10. The molecule has 0 saturated heterocycles. The number of quaternary nitrogens is 10. The summed E-state index contributed by atoms with van der Waals surface area (Å²) in [7, 11) is 23.3. The number of benzene rings is 1. The maximum atomic E-state index is 10.8. The van der Waals surface area contributed by atoms with Gasteiger partial charge >= 0.3 is 89.5 Å². The van der Waals surface area contributed by atoms with Crippen LogP contribution in [-0.4, -0.2) is 556 Å². The van der Waals surface area contributed by atoms with Gasteiger partial charge in [0.25, 0.3) is 5.91 Å². The lowest BCUT2D eigenvalue weighted by atomic mass is 10.2. The molecule has 0 aromatic heterocycles. The Morgan fingerprint density at radius 1 is 0.239 bits per heavy atom. The quantitative estimate of drug-likeness (QED) is 0.0125. The number of aliphatic carboxylic acids is 15. The maximum Gasteiger partial charge on any atom is 0.359 e. The van der Waals surface area contributed by atoms with Crippen LogP contribution in [0.25, 0.3) is 0 Å². The Labute approximate surface area is 774 Å². The lowest BCUT2D eigenvalue weighted by Crippen LogP contribution is -2.54. The van der Waals surface area contributed by atoms with Crippen molar-refractivity contribution >= 4 is 125 Å². The van der Waals surface area contributed by atoms with E-state index in [1.807, 2.05) is 72.6 Å². The van der Waals surface area contributed by atoms with Crippen LogP contribution in [0.4, 0.5) is 0 Å². The van der Waals surface area contributed by atoms with E-state index in [1.54, 1.807) is 35.2 Å². The minimum Gasteiger partial charge on any atom is -0.477 e. The van der Waals surface area contributed by atoms with Crippen molar-refractivity contribution in [2.24, 2.45) is 34.4 Å². The van der Waals surface area contributed by atoms with Crippen LogP contribution in [-0.2, 0) is 112 Å². The molecule has 1 aromatic carbocycles. The molecule has 0 atom stereocenters. The second-order valence-corrected chi connectivity index (χ2v) is 35.0. The zero-order valence-electron chi connectivity index (χ0n) is 78.8. The number of likely N-dealkylation sites (N-methyl/N-ethyl adjacent to an activating group) is 8. The minimum atomic E-state index is -1.23. The molecule has 0 aliphatic rings. The molecule has 0 aliphatic carbocycles. The van der Waals surface area contributed by atoms with Gasteiger partial charge in [0.05, 0.1) is 196 Å². The fourth-order valence-electron chi connectivity index (χ4n) is 11.4. The molecule has 774 valence electrons. The van der Waals surface area contributed by atoms with E-state index in [4.69, 9.17) is 132 Å². The highest BCUT2D eigenvalue weighted by Gasteiger charge is 2.35. The lowest BCUT2D eigenvalue weighted by molar-refractivity contribution is -0.908. The van der Waals surface area contributed by atoms with Crippen molar-refractivity contribution in [2.75, 3.05) is 289 Å². The largest absolute Gasteiger partial charge is 0.477 e. The molecule has 0 bridgehead atoms. The summed E-state index contributed by atoms with van der Waals surface area (Å²) in [4.78, 5) is 224. The molecule has 134 heavy (non-hydrogen) atoms. The molecule has 31 N–H and O–H groups in total. The van der Waals surface area contributed by atoms with Crippen molar-refractivity contribution in [3.8, 4) is 0 Å². The zero-order valence-corrected chi connectivity index (χ0v) is 78.8. The van der Waals surface area contributed by atoms with Crippen molar-refractivity contribution in [1.29, 1.82) is 0 Å². The van der Waals surface area contributed by atoms with Crippen LogP contribution in [0, 0.1) is 0 Å². The third-order valence-electron chi connectivity index (χ3n) is 17.4. The van der Waals surface area contributed by atoms with Gasteiger partial charge in [-0.15, -0.1) is 0 Å². The van der Waals surface area contributed by atoms with E-state index in [9.17, 15) is 101 Å². The molecule has 0 unspecified atom stereocenters. The molecule has 6 amide bonds. The van der Waals surface area contributed by atoms with Gasteiger partial charge in [-0.1, -0.05) is 30.3 Å². The molecule has 0 fully saturated rings. The number of aliphatic hydroxyl groups excluding tert-OH is 3. The van der Waals surface area contributed by atoms with Gasteiger partial charge in [0.2, 0.25) is 29.5 Å². The monoisotopic (exact) mass is 1960 g/mol. The number of amides is 6. The molecule has 0 spiro atoms. The van der Waals surface area contributed by atoms with E-state index < -0.39 is 155 Å². The van der Waals surface area contributed by atoms with Crippen molar-refractivity contribution in [3.05, 3.63) is 35.9 Å². The van der Waals surface area contributed by atoms with E-state index in [0.29, 0.717) is 91.6 Å². The first kappa shape index (κ1) is 139. The summed E-state index contributed by atoms with van der Waals surface area (Å²) in [5.74, 6) is -18.5. The van der Waals surface area contributed by atoms with Crippen LogP contribution in [0.3, 0.4) is 0 Å². The first-order valence-corrected chi connectivity index (χ1v) is 40.0. The molecule has 1 aromatic rings. The Bertz CT molecular complexity index is 3590. The summed E-state index contributed by atoms with van der Waals surface area (Å²) in [5, 5.41) is 162. The SMILES string of the molecule is C[N+](C)(C)CC(=O)O.C[N+](C)(CC(=O)O)CC(=O)O.C[N+](C)(CCC(N)=O)CCC(N)=O.C[N+](CC(=O)O)(CC(=O)O)CC(=O)O.C[N+](CC(=O)O)(CC(=O)O)Cc1ccccc1.C[N+](CC(N)=O)(CC(=O)O)CC(=O)O.C[N+](CCC(N)=O)(CCC(N)=O)CCC(N)=O.C[N+](CCCOO)(CC(=O)O)CC(=O)O.C[N+](CCO)(CC(=O)O)CC(=O)O.C[N+](CCO)(CCO)CC(=O)O. The Morgan fingerprint density at radius 2 is 0.455 bits per heavy atom. The molecular formula is C77H150N16O41+10. The number of aliphatic hydroxyl groups is 3. The summed E-state index contributed by atoms with van der Waals surface area (Å²) in [5.41, 5.74) is 31.1. The van der Waals surface area contributed by atoms with E-state index in [2.05, 4.69) is 4.89 Å². The van der Waals surface area contributed by atoms with Gasteiger partial charge in [-0.05, 0) is 0 Å². The van der Waals surface area contributed by atoms with Gasteiger partial charge in [-0.25, -0.2) is 76.8 Å². The van der Waals surface area contributed by atoms with Crippen LogP contribution >= 0.6 is 0 Å². The summed E-state index contributed by atoms with van der Waals surface area (Å²) in [6, 6.07) is 9.28. The molecule has 57 heteroatoms. The Balaban J connectivity index is -0.000000186. The van der Waals surface area contributed by atoms with Crippen LogP contribution in [0.15, 0.2) is 30.3 Å². The molecular weight excluding hydrogens is 1800 g/mol.